The average molecular weight is 225 g/mol. The summed E-state index contributed by atoms with van der Waals surface area (Å²) >= 11 is 0. The van der Waals surface area contributed by atoms with E-state index >= 15 is 0 Å². The Balaban J connectivity index is 0.000000606. The predicted molar refractivity (Wildman–Crippen MR) is 68.5 cm³/mol. The maximum atomic E-state index is 12.2. The number of carbonyl (C=O) groups is 1. The molecule has 0 aromatic carbocycles. The Kier molecular flexibility index (Phi) is 4.97. The minimum atomic E-state index is 0.0463. The maximum Gasteiger partial charge on any atom is 0.143 e. The summed E-state index contributed by atoms with van der Waals surface area (Å²) in [5, 5.41) is 0. The molecule has 2 fully saturated rings. The van der Waals surface area contributed by atoms with Gasteiger partial charge < -0.3 is 4.90 Å². The van der Waals surface area contributed by atoms with Crippen LogP contribution in [0.4, 0.5) is 0 Å². The Morgan fingerprint density at radius 3 is 2.50 bits per heavy atom. The van der Waals surface area contributed by atoms with Gasteiger partial charge >= 0.3 is 0 Å². The molecule has 2 nitrogen and oxygen atoms in total. The average Bonchev–Trinajstić information content (AvgIpc) is 2.49. The molecule has 1 saturated carbocycles. The van der Waals surface area contributed by atoms with E-state index in [1.165, 1.54) is 19.4 Å². The zero-order chi connectivity index (χ0) is 12.2. The molecule has 2 unspecified atom stereocenters. The highest BCUT2D eigenvalue weighted by molar-refractivity contribution is 5.89. The molecule has 1 saturated heterocycles. The van der Waals surface area contributed by atoms with E-state index < -0.39 is 0 Å². The molecule has 1 aliphatic heterocycles. The molecule has 94 valence electrons. The molecule has 2 rings (SSSR count). The number of hydrogen-bond donors (Lipinski definition) is 0. The molecule has 0 radical (unpaired) electrons. The van der Waals surface area contributed by atoms with Crippen LogP contribution in [0.5, 0.6) is 0 Å². The van der Waals surface area contributed by atoms with Crippen LogP contribution in [-0.4, -0.2) is 30.8 Å². The van der Waals surface area contributed by atoms with Crippen molar-refractivity contribution in [3.63, 3.8) is 0 Å². The molecule has 2 aliphatic rings. The normalized spacial score (nSPS) is 35.8. The summed E-state index contributed by atoms with van der Waals surface area (Å²) in [6, 6.07) is 0. The molecule has 2 heteroatoms. The van der Waals surface area contributed by atoms with Gasteiger partial charge in [0.25, 0.3) is 0 Å². The second-order valence-corrected chi connectivity index (χ2v) is 5.28. The second kappa shape index (κ2) is 5.81. The first-order valence-corrected chi connectivity index (χ1v) is 6.87. The van der Waals surface area contributed by atoms with Crippen molar-refractivity contribution in [2.24, 2.45) is 11.3 Å². The van der Waals surface area contributed by atoms with E-state index in [0.717, 1.165) is 25.8 Å². The lowest BCUT2D eigenvalue weighted by molar-refractivity contribution is -0.129. The Morgan fingerprint density at radius 1 is 1.25 bits per heavy atom. The fraction of sp³-hybridized carbons (Fsp3) is 0.929. The summed E-state index contributed by atoms with van der Waals surface area (Å²) in [4.78, 5) is 14.5. The van der Waals surface area contributed by atoms with Gasteiger partial charge in [-0.1, -0.05) is 27.2 Å². The molecule has 0 aromatic rings. The van der Waals surface area contributed by atoms with Gasteiger partial charge in [0.1, 0.15) is 5.78 Å². The van der Waals surface area contributed by atoms with Crippen LogP contribution >= 0.6 is 0 Å². The van der Waals surface area contributed by atoms with Gasteiger partial charge in [-0.15, -0.1) is 0 Å². The fourth-order valence-corrected chi connectivity index (χ4v) is 3.19. The standard InChI is InChI=1S/C12H21NO.C2H6/c1-10-5-7-12(11(10)14)6-3-4-8-13(2)9-12;1-2/h10H,3-9H2,1-2H3;1-2H3. The molecule has 1 spiro atoms. The Labute approximate surface area is 100 Å². The number of hydrogen-bond acceptors (Lipinski definition) is 2. The zero-order valence-corrected chi connectivity index (χ0v) is 11.4. The highest BCUT2D eigenvalue weighted by atomic mass is 16.1. The molecule has 0 N–H and O–H groups in total. The quantitative estimate of drug-likeness (QED) is 0.631. The van der Waals surface area contributed by atoms with Crippen LogP contribution in [0.25, 0.3) is 0 Å². The lowest BCUT2D eigenvalue weighted by Gasteiger charge is -2.29. The number of likely N-dealkylation sites (tertiary alicyclic amines) is 1. The van der Waals surface area contributed by atoms with Crippen molar-refractivity contribution in [3.05, 3.63) is 0 Å². The van der Waals surface area contributed by atoms with Crippen LogP contribution in [-0.2, 0) is 4.79 Å². The number of ketones is 1. The van der Waals surface area contributed by atoms with Crippen LogP contribution in [0.1, 0.15) is 52.9 Å². The van der Waals surface area contributed by atoms with E-state index in [9.17, 15) is 4.79 Å². The van der Waals surface area contributed by atoms with Gasteiger partial charge in [0.2, 0.25) is 0 Å². The minimum absolute atomic E-state index is 0.0463. The fourth-order valence-electron chi connectivity index (χ4n) is 3.19. The molecule has 0 aromatic heterocycles. The van der Waals surface area contributed by atoms with E-state index in [-0.39, 0.29) is 5.41 Å². The van der Waals surface area contributed by atoms with Crippen LogP contribution in [0.3, 0.4) is 0 Å². The second-order valence-electron chi connectivity index (χ2n) is 5.28. The van der Waals surface area contributed by atoms with Crippen molar-refractivity contribution in [1.82, 2.24) is 4.90 Å². The van der Waals surface area contributed by atoms with E-state index in [2.05, 4.69) is 18.9 Å². The molecule has 16 heavy (non-hydrogen) atoms. The number of carbonyl (C=O) groups excluding carboxylic acids is 1. The van der Waals surface area contributed by atoms with Crippen molar-refractivity contribution < 1.29 is 4.79 Å². The first-order valence-electron chi connectivity index (χ1n) is 6.87. The molecule has 0 bridgehead atoms. The van der Waals surface area contributed by atoms with Crippen LogP contribution in [0, 0.1) is 11.3 Å². The van der Waals surface area contributed by atoms with E-state index in [1.54, 1.807) is 0 Å². The van der Waals surface area contributed by atoms with Gasteiger partial charge in [0, 0.05) is 17.9 Å². The lowest BCUT2D eigenvalue weighted by Crippen LogP contribution is -2.38. The van der Waals surface area contributed by atoms with Gasteiger partial charge in [0.15, 0.2) is 0 Å². The first-order chi connectivity index (χ1) is 7.64. The Morgan fingerprint density at radius 2 is 1.94 bits per heavy atom. The SMILES string of the molecule is CC.CC1CCC2(CCCCN(C)C2)C1=O. The summed E-state index contributed by atoms with van der Waals surface area (Å²) in [5.74, 6) is 0.868. The van der Waals surface area contributed by atoms with Gasteiger partial charge in [0.05, 0.1) is 0 Å². The van der Waals surface area contributed by atoms with Crippen molar-refractivity contribution in [1.29, 1.82) is 0 Å². The number of Topliss-reactive ketones (excluding diaryl/α,β-unsaturated/α-hetero) is 1. The zero-order valence-electron chi connectivity index (χ0n) is 11.4. The number of rotatable bonds is 0. The van der Waals surface area contributed by atoms with Gasteiger partial charge in [-0.3, -0.25) is 4.79 Å². The molecular weight excluding hydrogens is 198 g/mol. The lowest BCUT2D eigenvalue weighted by atomic mass is 9.80. The smallest absolute Gasteiger partial charge is 0.143 e. The summed E-state index contributed by atoms with van der Waals surface area (Å²) < 4.78 is 0. The summed E-state index contributed by atoms with van der Waals surface area (Å²) in [6.45, 7) is 8.28. The van der Waals surface area contributed by atoms with Gasteiger partial charge in [-0.05, 0) is 39.3 Å². The topological polar surface area (TPSA) is 20.3 Å². The third kappa shape index (κ3) is 2.65. The van der Waals surface area contributed by atoms with E-state index in [1.807, 2.05) is 13.8 Å². The van der Waals surface area contributed by atoms with Gasteiger partial charge in [-0.25, -0.2) is 0 Å². The third-order valence-corrected chi connectivity index (χ3v) is 4.04. The predicted octanol–water partition coefficient (Wildman–Crippen LogP) is 3.11. The highest BCUT2D eigenvalue weighted by Crippen LogP contribution is 2.43. The molecule has 2 atom stereocenters. The highest BCUT2D eigenvalue weighted by Gasteiger charge is 2.46. The van der Waals surface area contributed by atoms with E-state index in [0.29, 0.717) is 11.7 Å². The Hall–Kier alpha value is -0.370. The van der Waals surface area contributed by atoms with Crippen LogP contribution in [0.2, 0.25) is 0 Å². The van der Waals surface area contributed by atoms with Crippen molar-refractivity contribution >= 4 is 5.78 Å². The monoisotopic (exact) mass is 225 g/mol. The van der Waals surface area contributed by atoms with Crippen molar-refractivity contribution in [2.45, 2.75) is 52.9 Å². The molecular formula is C14H27NO. The molecule has 0 amide bonds. The minimum Gasteiger partial charge on any atom is -0.305 e. The summed E-state index contributed by atoms with van der Waals surface area (Å²) in [5.41, 5.74) is 0.0463. The summed E-state index contributed by atoms with van der Waals surface area (Å²) in [7, 11) is 2.16. The maximum absolute atomic E-state index is 12.2. The number of nitrogens with zero attached hydrogens (tertiary/aromatic N) is 1. The molecule has 1 aliphatic carbocycles. The largest absolute Gasteiger partial charge is 0.305 e. The Bertz CT molecular complexity index is 239. The first kappa shape index (κ1) is 13.7. The van der Waals surface area contributed by atoms with Crippen LogP contribution < -0.4 is 0 Å². The van der Waals surface area contributed by atoms with Crippen LogP contribution in [0.15, 0.2) is 0 Å². The van der Waals surface area contributed by atoms with Crippen molar-refractivity contribution in [3.8, 4) is 0 Å². The van der Waals surface area contributed by atoms with E-state index in [4.69, 9.17) is 0 Å². The summed E-state index contributed by atoms with van der Waals surface area (Å²) in [6.07, 6.45) is 5.90. The third-order valence-electron chi connectivity index (χ3n) is 4.04. The molecule has 1 heterocycles. The van der Waals surface area contributed by atoms with Gasteiger partial charge in [-0.2, -0.15) is 0 Å². The van der Waals surface area contributed by atoms with Crippen molar-refractivity contribution in [2.75, 3.05) is 20.1 Å².